The fourth-order valence-electron chi connectivity index (χ4n) is 5.95. The van der Waals surface area contributed by atoms with Gasteiger partial charge in [0.25, 0.3) is 0 Å². The molecule has 0 saturated heterocycles. The molecule has 4 rings (SSSR count). The first-order valence-corrected chi connectivity index (χ1v) is 9.88. The molecule has 4 aliphatic rings. The maximum absolute atomic E-state index is 13.5. The van der Waals surface area contributed by atoms with Crippen LogP contribution in [0.2, 0.25) is 0 Å². The Bertz CT molecular complexity index is 613. The lowest BCUT2D eigenvalue weighted by molar-refractivity contribution is -0.234. The van der Waals surface area contributed by atoms with Crippen LogP contribution in [0.4, 0.5) is 0 Å². The number of esters is 2. The van der Waals surface area contributed by atoms with Crippen molar-refractivity contribution in [1.82, 2.24) is 0 Å². The molecule has 3 unspecified atom stereocenters. The molecular weight excluding hydrogens is 330 g/mol. The zero-order valence-corrected chi connectivity index (χ0v) is 17.4. The highest BCUT2D eigenvalue weighted by Crippen LogP contribution is 2.70. The van der Waals surface area contributed by atoms with Crippen LogP contribution in [-0.2, 0) is 19.1 Å². The van der Waals surface area contributed by atoms with Gasteiger partial charge in [-0.3, -0.25) is 9.59 Å². The largest absolute Gasteiger partial charge is 0.460 e. The van der Waals surface area contributed by atoms with Gasteiger partial charge in [0.05, 0.1) is 10.8 Å². The second-order valence-corrected chi connectivity index (χ2v) is 11.2. The van der Waals surface area contributed by atoms with E-state index in [2.05, 4.69) is 0 Å². The van der Waals surface area contributed by atoms with Crippen LogP contribution < -0.4 is 5.73 Å². The van der Waals surface area contributed by atoms with Gasteiger partial charge in [0.1, 0.15) is 11.2 Å². The summed E-state index contributed by atoms with van der Waals surface area (Å²) in [6.45, 7) is 13.0. The highest BCUT2D eigenvalue weighted by Gasteiger charge is 2.76. The van der Waals surface area contributed by atoms with Crippen LogP contribution in [0.25, 0.3) is 0 Å². The van der Waals surface area contributed by atoms with Crippen LogP contribution in [0.5, 0.6) is 0 Å². The summed E-state index contributed by atoms with van der Waals surface area (Å²) < 4.78 is 11.7. The minimum Gasteiger partial charge on any atom is -0.460 e. The highest BCUT2D eigenvalue weighted by atomic mass is 16.6. The van der Waals surface area contributed by atoms with E-state index in [1.54, 1.807) is 0 Å². The monoisotopic (exact) mass is 365 g/mol. The molecule has 0 aromatic carbocycles. The van der Waals surface area contributed by atoms with Crippen LogP contribution in [0, 0.1) is 22.7 Å². The third-order valence-electron chi connectivity index (χ3n) is 6.80. The van der Waals surface area contributed by atoms with Gasteiger partial charge >= 0.3 is 11.9 Å². The maximum Gasteiger partial charge on any atom is 0.315 e. The van der Waals surface area contributed by atoms with Crippen molar-refractivity contribution in [3.8, 4) is 0 Å². The predicted molar refractivity (Wildman–Crippen MR) is 99.2 cm³/mol. The van der Waals surface area contributed by atoms with Crippen molar-refractivity contribution in [2.24, 2.45) is 28.4 Å². The topological polar surface area (TPSA) is 78.6 Å². The first-order valence-electron chi connectivity index (χ1n) is 9.88. The number of hydrogen-bond acceptors (Lipinski definition) is 5. The molecule has 0 radical (unpaired) electrons. The molecule has 4 aliphatic carbocycles. The minimum atomic E-state index is -1.07. The molecule has 0 amide bonds. The Morgan fingerprint density at radius 3 is 1.69 bits per heavy atom. The van der Waals surface area contributed by atoms with Crippen molar-refractivity contribution in [2.75, 3.05) is 0 Å². The van der Waals surface area contributed by atoms with Crippen LogP contribution in [-0.4, -0.2) is 28.7 Å². The van der Waals surface area contributed by atoms with E-state index in [9.17, 15) is 9.59 Å². The summed E-state index contributed by atoms with van der Waals surface area (Å²) in [5.74, 6) is 0.144. The number of carbonyl (C=O) groups is 2. The standard InChI is InChI=1S/C21H35NO4/c1-17(2,3)25-15(23)19(7)20(16(24)26-18(4,5)6)9-13-8-14(10-20)12-21(19,22)11-13/h13-14H,8-12,22H2,1-7H3. The number of carbonyl (C=O) groups excluding carboxylic acids is 2. The molecule has 4 bridgehead atoms. The lowest BCUT2D eigenvalue weighted by atomic mass is 9.36. The third-order valence-corrected chi connectivity index (χ3v) is 6.80. The third kappa shape index (κ3) is 2.78. The molecule has 0 aromatic rings. The Balaban J connectivity index is 2.09. The van der Waals surface area contributed by atoms with Crippen molar-refractivity contribution in [2.45, 2.75) is 97.3 Å². The van der Waals surface area contributed by atoms with Crippen LogP contribution in [0.1, 0.15) is 80.6 Å². The second kappa shape index (κ2) is 5.46. The van der Waals surface area contributed by atoms with E-state index < -0.39 is 27.6 Å². The minimum absolute atomic E-state index is 0.276. The SMILES string of the molecule is CC(C)(C)OC(=O)C12CC3CC(CC(N)(C3)C1(C)C(=O)OC(C)(C)C)C2. The van der Waals surface area contributed by atoms with Gasteiger partial charge in [0.15, 0.2) is 0 Å². The van der Waals surface area contributed by atoms with Crippen molar-refractivity contribution < 1.29 is 19.1 Å². The van der Waals surface area contributed by atoms with Crippen LogP contribution >= 0.6 is 0 Å². The van der Waals surface area contributed by atoms with E-state index in [0.717, 1.165) is 19.3 Å². The van der Waals surface area contributed by atoms with Gasteiger partial charge in [-0.15, -0.1) is 0 Å². The van der Waals surface area contributed by atoms with Crippen LogP contribution in [0.15, 0.2) is 0 Å². The first kappa shape index (κ1) is 19.7. The fraction of sp³-hybridized carbons (Fsp3) is 0.905. The second-order valence-electron chi connectivity index (χ2n) is 11.2. The normalized spacial score (nSPS) is 41.8. The van der Waals surface area contributed by atoms with Crippen LogP contribution in [0.3, 0.4) is 0 Å². The molecule has 2 N–H and O–H groups in total. The van der Waals surface area contributed by atoms with Crippen molar-refractivity contribution in [3.05, 3.63) is 0 Å². The maximum atomic E-state index is 13.5. The number of hydrogen-bond donors (Lipinski definition) is 1. The van der Waals surface area contributed by atoms with E-state index in [4.69, 9.17) is 15.2 Å². The molecule has 0 aromatic heterocycles. The van der Waals surface area contributed by atoms with Gasteiger partial charge in [0, 0.05) is 5.54 Å². The summed E-state index contributed by atoms with van der Waals surface area (Å²) in [7, 11) is 0. The zero-order chi connectivity index (χ0) is 19.8. The fourth-order valence-corrected chi connectivity index (χ4v) is 5.95. The number of ether oxygens (including phenoxy) is 2. The van der Waals surface area contributed by atoms with E-state index in [-0.39, 0.29) is 11.9 Å². The first-order chi connectivity index (χ1) is 11.6. The van der Waals surface area contributed by atoms with Crippen molar-refractivity contribution >= 4 is 11.9 Å². The molecule has 0 heterocycles. The summed E-state index contributed by atoms with van der Waals surface area (Å²) in [6.07, 6.45) is 4.02. The quantitative estimate of drug-likeness (QED) is 0.757. The molecule has 0 spiro atoms. The zero-order valence-electron chi connectivity index (χ0n) is 17.4. The molecular formula is C21H35NO4. The van der Waals surface area contributed by atoms with Gasteiger partial charge in [-0.2, -0.15) is 0 Å². The Morgan fingerprint density at radius 1 is 0.846 bits per heavy atom. The van der Waals surface area contributed by atoms with E-state index >= 15 is 0 Å². The molecule has 0 aliphatic heterocycles. The Labute approximate surface area is 157 Å². The molecule has 5 heteroatoms. The van der Waals surface area contributed by atoms with Gasteiger partial charge in [-0.05, 0) is 92.4 Å². The molecule has 5 nitrogen and oxygen atoms in total. The molecule has 4 saturated carbocycles. The predicted octanol–water partition coefficient (Wildman–Crippen LogP) is 3.58. The number of rotatable bonds is 2. The Kier molecular flexibility index (Phi) is 4.13. The smallest absolute Gasteiger partial charge is 0.315 e. The summed E-state index contributed by atoms with van der Waals surface area (Å²) in [6, 6.07) is 0. The van der Waals surface area contributed by atoms with E-state index in [1.165, 1.54) is 0 Å². The summed E-state index contributed by atoms with van der Waals surface area (Å²) in [4.78, 5) is 26.9. The highest BCUT2D eigenvalue weighted by molar-refractivity contribution is 5.91. The summed E-state index contributed by atoms with van der Waals surface area (Å²) >= 11 is 0. The van der Waals surface area contributed by atoms with Crippen molar-refractivity contribution in [3.63, 3.8) is 0 Å². The lowest BCUT2D eigenvalue weighted by Gasteiger charge is -2.68. The van der Waals surface area contributed by atoms with Gasteiger partial charge < -0.3 is 15.2 Å². The average molecular weight is 366 g/mol. The van der Waals surface area contributed by atoms with Gasteiger partial charge in [-0.1, -0.05) is 0 Å². The molecule has 148 valence electrons. The van der Waals surface area contributed by atoms with Gasteiger partial charge in [0.2, 0.25) is 0 Å². The molecule has 3 atom stereocenters. The molecule has 26 heavy (non-hydrogen) atoms. The van der Waals surface area contributed by atoms with Gasteiger partial charge in [-0.25, -0.2) is 0 Å². The number of nitrogens with two attached hydrogens (primary N) is 1. The van der Waals surface area contributed by atoms with E-state index in [1.807, 2.05) is 48.5 Å². The average Bonchev–Trinajstić information content (AvgIpc) is 2.39. The Hall–Kier alpha value is -1.10. The molecule has 4 fully saturated rings. The van der Waals surface area contributed by atoms with E-state index in [0.29, 0.717) is 24.7 Å². The summed E-state index contributed by atoms with van der Waals surface area (Å²) in [5.41, 5.74) is 3.01. The summed E-state index contributed by atoms with van der Waals surface area (Å²) in [5, 5.41) is 0. The Morgan fingerprint density at radius 2 is 1.27 bits per heavy atom. The van der Waals surface area contributed by atoms with Crippen molar-refractivity contribution in [1.29, 1.82) is 0 Å². The lowest BCUT2D eigenvalue weighted by Crippen LogP contribution is -2.77.